The SMILES string of the molecule is CC1(NC2N=CNc3sc4c(c32)CCCC4)CCNCC1. The zero-order valence-corrected chi connectivity index (χ0v) is 13.5. The topological polar surface area (TPSA) is 48.5 Å². The van der Waals surface area contributed by atoms with E-state index in [1.807, 2.05) is 17.7 Å². The Morgan fingerprint density at radius 3 is 2.95 bits per heavy atom. The van der Waals surface area contributed by atoms with Gasteiger partial charge in [-0.3, -0.25) is 10.3 Å². The van der Waals surface area contributed by atoms with Crippen molar-refractivity contribution in [3.8, 4) is 0 Å². The first kappa shape index (κ1) is 13.7. The number of aliphatic imine (C=N–C) groups is 1. The summed E-state index contributed by atoms with van der Waals surface area (Å²) in [5.74, 6) is 0. The molecule has 3 N–H and O–H groups in total. The second-order valence-electron chi connectivity index (χ2n) is 6.73. The molecule has 1 saturated heterocycles. The van der Waals surface area contributed by atoms with Crippen LogP contribution in [0.5, 0.6) is 0 Å². The third-order valence-corrected chi connectivity index (χ3v) is 6.34. The molecule has 1 aliphatic carbocycles. The van der Waals surface area contributed by atoms with Gasteiger partial charge in [0, 0.05) is 16.0 Å². The summed E-state index contributed by atoms with van der Waals surface area (Å²) in [6, 6.07) is 0. The molecule has 1 atom stereocenters. The second kappa shape index (κ2) is 5.38. The van der Waals surface area contributed by atoms with E-state index in [0.29, 0.717) is 0 Å². The van der Waals surface area contributed by atoms with Crippen LogP contribution in [0, 0.1) is 0 Å². The molecule has 1 unspecified atom stereocenters. The molecule has 3 aliphatic rings. The largest absolute Gasteiger partial charge is 0.338 e. The van der Waals surface area contributed by atoms with Crippen molar-refractivity contribution in [1.82, 2.24) is 10.6 Å². The summed E-state index contributed by atoms with van der Waals surface area (Å²) in [5.41, 5.74) is 3.23. The Kier molecular flexibility index (Phi) is 3.52. The minimum absolute atomic E-state index is 0.141. The lowest BCUT2D eigenvalue weighted by Crippen LogP contribution is -2.51. The van der Waals surface area contributed by atoms with Crippen LogP contribution in [0.2, 0.25) is 0 Å². The van der Waals surface area contributed by atoms with Crippen LogP contribution in [-0.2, 0) is 12.8 Å². The first-order valence-corrected chi connectivity index (χ1v) is 8.98. The third-order valence-electron chi connectivity index (χ3n) is 5.10. The minimum Gasteiger partial charge on any atom is -0.338 e. The van der Waals surface area contributed by atoms with Crippen LogP contribution in [0.4, 0.5) is 5.00 Å². The van der Waals surface area contributed by atoms with Gasteiger partial charge < -0.3 is 10.6 Å². The van der Waals surface area contributed by atoms with Crippen LogP contribution in [0.15, 0.2) is 4.99 Å². The van der Waals surface area contributed by atoms with E-state index in [-0.39, 0.29) is 11.7 Å². The molecule has 4 rings (SSSR count). The van der Waals surface area contributed by atoms with Crippen LogP contribution in [0.1, 0.15) is 54.8 Å². The average Bonchev–Trinajstić information content (AvgIpc) is 2.87. The number of hydrogen-bond acceptors (Lipinski definition) is 5. The Morgan fingerprint density at radius 2 is 2.10 bits per heavy atom. The summed E-state index contributed by atoms with van der Waals surface area (Å²) in [6.07, 6.45) is 9.52. The minimum atomic E-state index is 0.141. The van der Waals surface area contributed by atoms with Gasteiger partial charge in [0.1, 0.15) is 11.2 Å². The summed E-state index contributed by atoms with van der Waals surface area (Å²) in [7, 11) is 0. The lowest BCUT2D eigenvalue weighted by atomic mass is 9.88. The lowest BCUT2D eigenvalue weighted by Gasteiger charge is -2.38. The second-order valence-corrected chi connectivity index (χ2v) is 7.84. The monoisotopic (exact) mass is 304 g/mol. The van der Waals surface area contributed by atoms with Gasteiger partial charge in [-0.1, -0.05) is 0 Å². The number of nitrogens with one attached hydrogen (secondary N) is 3. The molecule has 1 aromatic rings. The summed E-state index contributed by atoms with van der Waals surface area (Å²) < 4.78 is 0. The van der Waals surface area contributed by atoms with Gasteiger partial charge in [0.15, 0.2) is 0 Å². The predicted octanol–water partition coefficient (Wildman–Crippen LogP) is 2.81. The molecule has 0 aromatic carbocycles. The van der Waals surface area contributed by atoms with Crippen molar-refractivity contribution >= 4 is 22.7 Å². The molecule has 114 valence electrons. The lowest BCUT2D eigenvalue weighted by molar-refractivity contribution is 0.241. The molecule has 0 spiro atoms. The van der Waals surface area contributed by atoms with Gasteiger partial charge in [-0.05, 0) is 64.1 Å². The Labute approximate surface area is 130 Å². The van der Waals surface area contributed by atoms with Gasteiger partial charge in [0.05, 0.1) is 6.34 Å². The molecule has 0 bridgehead atoms. The highest BCUT2D eigenvalue weighted by Gasteiger charge is 2.34. The van der Waals surface area contributed by atoms with Crippen LogP contribution in [0.25, 0.3) is 0 Å². The number of aryl methyl sites for hydroxylation is 1. The molecule has 0 saturated carbocycles. The van der Waals surface area contributed by atoms with Gasteiger partial charge >= 0.3 is 0 Å². The van der Waals surface area contributed by atoms with Crippen molar-refractivity contribution in [2.24, 2.45) is 4.99 Å². The molecular formula is C16H24N4S. The molecular weight excluding hydrogens is 280 g/mol. The van der Waals surface area contributed by atoms with E-state index in [1.165, 1.54) is 49.1 Å². The van der Waals surface area contributed by atoms with Crippen molar-refractivity contribution in [2.45, 2.75) is 57.2 Å². The van der Waals surface area contributed by atoms with E-state index in [2.05, 4.69) is 22.9 Å². The fourth-order valence-corrected chi connectivity index (χ4v) is 5.08. The van der Waals surface area contributed by atoms with Gasteiger partial charge in [-0.15, -0.1) is 11.3 Å². The number of hydrogen-bond donors (Lipinski definition) is 3. The van der Waals surface area contributed by atoms with E-state index >= 15 is 0 Å². The van der Waals surface area contributed by atoms with Gasteiger partial charge in [0.25, 0.3) is 0 Å². The maximum Gasteiger partial charge on any atom is 0.130 e. The summed E-state index contributed by atoms with van der Waals surface area (Å²) in [4.78, 5) is 6.32. The molecule has 1 aromatic heterocycles. The standard InChI is InChI=1S/C16H24N4S/c1-16(6-8-17-9-7-16)20-14-13-11-4-2-3-5-12(11)21-15(13)19-10-18-14/h10,14,17,20H,2-9H2,1H3,(H,18,19). The quantitative estimate of drug-likeness (QED) is 0.787. The van der Waals surface area contributed by atoms with E-state index in [1.54, 1.807) is 10.4 Å². The summed E-state index contributed by atoms with van der Waals surface area (Å²) in [6.45, 7) is 4.56. The number of nitrogens with zero attached hydrogens (tertiary/aromatic N) is 1. The number of thiophene rings is 1. The third kappa shape index (κ3) is 2.51. The molecule has 5 heteroatoms. The normalized spacial score (nSPS) is 26.8. The smallest absolute Gasteiger partial charge is 0.130 e. The Bertz CT molecular complexity index is 557. The van der Waals surface area contributed by atoms with Crippen LogP contribution < -0.4 is 16.0 Å². The van der Waals surface area contributed by atoms with E-state index in [0.717, 1.165) is 13.1 Å². The fourth-order valence-electron chi connectivity index (χ4n) is 3.79. The predicted molar refractivity (Wildman–Crippen MR) is 89.5 cm³/mol. The van der Waals surface area contributed by atoms with Crippen molar-refractivity contribution in [1.29, 1.82) is 0 Å². The zero-order valence-electron chi connectivity index (χ0n) is 12.7. The molecule has 21 heavy (non-hydrogen) atoms. The van der Waals surface area contributed by atoms with Crippen molar-refractivity contribution in [3.05, 3.63) is 16.0 Å². The highest BCUT2D eigenvalue weighted by Crippen LogP contribution is 2.43. The van der Waals surface area contributed by atoms with Gasteiger partial charge in [0.2, 0.25) is 0 Å². The number of rotatable bonds is 2. The summed E-state index contributed by atoms with van der Waals surface area (Å²) >= 11 is 1.95. The fraction of sp³-hybridized carbons (Fsp3) is 0.688. The van der Waals surface area contributed by atoms with E-state index in [4.69, 9.17) is 4.99 Å². The van der Waals surface area contributed by atoms with Crippen molar-refractivity contribution in [3.63, 3.8) is 0 Å². The van der Waals surface area contributed by atoms with Crippen molar-refractivity contribution < 1.29 is 0 Å². The van der Waals surface area contributed by atoms with Gasteiger partial charge in [-0.25, -0.2) is 0 Å². The first-order chi connectivity index (χ1) is 10.3. The zero-order chi connectivity index (χ0) is 14.3. The molecule has 0 radical (unpaired) electrons. The molecule has 4 nitrogen and oxygen atoms in total. The Balaban J connectivity index is 1.63. The number of piperidine rings is 1. The molecule has 0 amide bonds. The van der Waals surface area contributed by atoms with Crippen LogP contribution in [-0.4, -0.2) is 25.0 Å². The first-order valence-electron chi connectivity index (χ1n) is 8.16. The van der Waals surface area contributed by atoms with Crippen LogP contribution in [0.3, 0.4) is 0 Å². The molecule has 1 fully saturated rings. The molecule has 2 aliphatic heterocycles. The number of fused-ring (bicyclic) bond motifs is 3. The van der Waals surface area contributed by atoms with E-state index in [9.17, 15) is 0 Å². The van der Waals surface area contributed by atoms with Gasteiger partial charge in [-0.2, -0.15) is 0 Å². The maximum atomic E-state index is 4.73. The maximum absolute atomic E-state index is 4.73. The highest BCUT2D eigenvalue weighted by molar-refractivity contribution is 7.16. The summed E-state index contributed by atoms with van der Waals surface area (Å²) in [5, 5.41) is 12.0. The molecule has 3 heterocycles. The van der Waals surface area contributed by atoms with Crippen molar-refractivity contribution in [2.75, 3.05) is 18.4 Å². The van der Waals surface area contributed by atoms with Crippen LogP contribution >= 0.6 is 11.3 Å². The Morgan fingerprint density at radius 1 is 1.29 bits per heavy atom. The highest BCUT2D eigenvalue weighted by atomic mass is 32.1. The number of anilines is 1. The average molecular weight is 304 g/mol. The Hall–Kier alpha value is -0.910. The van der Waals surface area contributed by atoms with E-state index < -0.39 is 0 Å².